The van der Waals surface area contributed by atoms with Gasteiger partial charge >= 0.3 is 0 Å². The fourth-order valence-corrected chi connectivity index (χ4v) is 3.60. The fourth-order valence-electron chi connectivity index (χ4n) is 2.82. The van der Waals surface area contributed by atoms with Crippen molar-refractivity contribution in [2.75, 3.05) is 12.4 Å². The number of amides is 1. The SMILES string of the molecule is Cc1ccc(C(=O)NCC2CCCCC2CCl)cc1Br. The first-order valence-corrected chi connectivity index (χ1v) is 8.55. The number of hydrogen-bond acceptors (Lipinski definition) is 1. The van der Waals surface area contributed by atoms with Crippen molar-refractivity contribution in [2.45, 2.75) is 32.6 Å². The van der Waals surface area contributed by atoms with Gasteiger partial charge in [0, 0.05) is 22.5 Å². The minimum atomic E-state index is 0.00426. The molecule has 0 heterocycles. The molecule has 0 aliphatic heterocycles. The van der Waals surface area contributed by atoms with Gasteiger partial charge < -0.3 is 5.32 Å². The van der Waals surface area contributed by atoms with Crippen LogP contribution in [0.15, 0.2) is 22.7 Å². The van der Waals surface area contributed by atoms with Gasteiger partial charge in [-0.05, 0) is 49.3 Å². The number of nitrogens with one attached hydrogen (secondary N) is 1. The molecule has 1 aliphatic rings. The number of alkyl halides is 1. The maximum atomic E-state index is 12.2. The highest BCUT2D eigenvalue weighted by molar-refractivity contribution is 9.10. The Morgan fingerprint density at radius 1 is 1.35 bits per heavy atom. The van der Waals surface area contributed by atoms with Crippen LogP contribution in [-0.4, -0.2) is 18.3 Å². The minimum absolute atomic E-state index is 0.00426. The number of hydrogen-bond donors (Lipinski definition) is 1. The Morgan fingerprint density at radius 3 is 2.70 bits per heavy atom. The lowest BCUT2D eigenvalue weighted by Gasteiger charge is -2.30. The lowest BCUT2D eigenvalue weighted by atomic mass is 9.80. The molecule has 1 saturated carbocycles. The number of aryl methyl sites for hydroxylation is 1. The van der Waals surface area contributed by atoms with Crippen LogP contribution in [0.1, 0.15) is 41.6 Å². The van der Waals surface area contributed by atoms with Crippen LogP contribution in [0.5, 0.6) is 0 Å². The van der Waals surface area contributed by atoms with E-state index < -0.39 is 0 Å². The molecule has 2 rings (SSSR count). The van der Waals surface area contributed by atoms with E-state index in [0.717, 1.165) is 16.6 Å². The third-order valence-electron chi connectivity index (χ3n) is 4.22. The molecule has 2 unspecified atom stereocenters. The highest BCUT2D eigenvalue weighted by atomic mass is 79.9. The van der Waals surface area contributed by atoms with E-state index in [2.05, 4.69) is 21.2 Å². The summed E-state index contributed by atoms with van der Waals surface area (Å²) in [6.07, 6.45) is 4.89. The number of carbonyl (C=O) groups excluding carboxylic acids is 1. The summed E-state index contributed by atoms with van der Waals surface area (Å²) >= 11 is 9.49. The zero-order valence-electron chi connectivity index (χ0n) is 11.8. The van der Waals surface area contributed by atoms with Gasteiger partial charge in [0.25, 0.3) is 5.91 Å². The Balaban J connectivity index is 1.92. The predicted molar refractivity (Wildman–Crippen MR) is 87.4 cm³/mol. The second-order valence-electron chi connectivity index (χ2n) is 5.63. The Morgan fingerprint density at radius 2 is 2.05 bits per heavy atom. The van der Waals surface area contributed by atoms with E-state index in [1.165, 1.54) is 25.7 Å². The van der Waals surface area contributed by atoms with Crippen LogP contribution in [-0.2, 0) is 0 Å². The molecule has 110 valence electrons. The van der Waals surface area contributed by atoms with E-state index >= 15 is 0 Å². The van der Waals surface area contributed by atoms with Gasteiger partial charge in [-0.1, -0.05) is 34.8 Å². The smallest absolute Gasteiger partial charge is 0.251 e. The van der Waals surface area contributed by atoms with E-state index in [1.807, 2.05) is 25.1 Å². The summed E-state index contributed by atoms with van der Waals surface area (Å²) in [7, 11) is 0. The summed E-state index contributed by atoms with van der Waals surface area (Å²) in [5.41, 5.74) is 1.84. The normalized spacial score (nSPS) is 22.6. The second kappa shape index (κ2) is 7.46. The van der Waals surface area contributed by atoms with E-state index in [4.69, 9.17) is 11.6 Å². The lowest BCUT2D eigenvalue weighted by Crippen LogP contribution is -2.34. The average Bonchev–Trinajstić information content (AvgIpc) is 2.47. The van der Waals surface area contributed by atoms with Gasteiger partial charge in [-0.3, -0.25) is 4.79 Å². The van der Waals surface area contributed by atoms with Crippen LogP contribution in [0.4, 0.5) is 0 Å². The van der Waals surface area contributed by atoms with Crippen molar-refractivity contribution in [3.63, 3.8) is 0 Å². The average molecular weight is 359 g/mol. The van der Waals surface area contributed by atoms with Crippen molar-refractivity contribution < 1.29 is 4.79 Å². The third-order valence-corrected chi connectivity index (χ3v) is 5.47. The Hall–Kier alpha value is -0.540. The van der Waals surface area contributed by atoms with Crippen molar-refractivity contribution >= 4 is 33.4 Å². The monoisotopic (exact) mass is 357 g/mol. The van der Waals surface area contributed by atoms with Gasteiger partial charge in [0.1, 0.15) is 0 Å². The molecular formula is C16H21BrClNO. The topological polar surface area (TPSA) is 29.1 Å². The number of benzene rings is 1. The Kier molecular flexibility index (Phi) is 5.91. The fraction of sp³-hybridized carbons (Fsp3) is 0.562. The first-order chi connectivity index (χ1) is 9.61. The molecule has 20 heavy (non-hydrogen) atoms. The highest BCUT2D eigenvalue weighted by Gasteiger charge is 2.24. The summed E-state index contributed by atoms with van der Waals surface area (Å²) in [4.78, 5) is 12.2. The number of rotatable bonds is 4. The first kappa shape index (κ1) is 15.8. The maximum Gasteiger partial charge on any atom is 0.251 e. The standard InChI is InChI=1S/C16H21BrClNO/c1-11-6-7-12(8-15(11)17)16(20)19-10-14-5-3-2-4-13(14)9-18/h6-8,13-14H,2-5,9-10H2,1H3,(H,19,20). The molecule has 0 saturated heterocycles. The molecule has 0 aromatic heterocycles. The van der Waals surface area contributed by atoms with E-state index in [0.29, 0.717) is 23.3 Å². The van der Waals surface area contributed by atoms with Crippen molar-refractivity contribution in [1.82, 2.24) is 5.32 Å². The van der Waals surface area contributed by atoms with Gasteiger partial charge in [-0.25, -0.2) is 0 Å². The molecule has 1 aliphatic carbocycles. The molecule has 2 atom stereocenters. The van der Waals surface area contributed by atoms with Crippen molar-refractivity contribution in [3.8, 4) is 0 Å². The van der Waals surface area contributed by atoms with Crippen LogP contribution in [0.3, 0.4) is 0 Å². The van der Waals surface area contributed by atoms with Gasteiger partial charge in [0.15, 0.2) is 0 Å². The molecule has 1 fully saturated rings. The van der Waals surface area contributed by atoms with Crippen molar-refractivity contribution in [1.29, 1.82) is 0 Å². The zero-order chi connectivity index (χ0) is 14.5. The third kappa shape index (κ3) is 3.98. The van der Waals surface area contributed by atoms with Gasteiger partial charge in [0.2, 0.25) is 0 Å². The van der Waals surface area contributed by atoms with E-state index in [9.17, 15) is 4.79 Å². The van der Waals surface area contributed by atoms with Crippen LogP contribution in [0, 0.1) is 18.8 Å². The van der Waals surface area contributed by atoms with Gasteiger partial charge in [-0.2, -0.15) is 0 Å². The van der Waals surface area contributed by atoms with E-state index in [-0.39, 0.29) is 5.91 Å². The summed E-state index contributed by atoms with van der Waals surface area (Å²) in [6, 6.07) is 5.71. The largest absolute Gasteiger partial charge is 0.352 e. The van der Waals surface area contributed by atoms with Crippen LogP contribution >= 0.6 is 27.5 Å². The molecule has 0 spiro atoms. The minimum Gasteiger partial charge on any atom is -0.352 e. The van der Waals surface area contributed by atoms with E-state index in [1.54, 1.807) is 0 Å². The molecule has 1 aromatic rings. The molecule has 1 N–H and O–H groups in total. The van der Waals surface area contributed by atoms with Gasteiger partial charge in [-0.15, -0.1) is 11.6 Å². The summed E-state index contributed by atoms with van der Waals surface area (Å²) in [5.74, 6) is 1.79. The Bertz CT molecular complexity index is 478. The van der Waals surface area contributed by atoms with Crippen LogP contribution in [0.25, 0.3) is 0 Å². The summed E-state index contributed by atoms with van der Waals surface area (Å²) < 4.78 is 0.974. The molecule has 0 radical (unpaired) electrons. The quantitative estimate of drug-likeness (QED) is 0.787. The molecule has 1 aromatic carbocycles. The van der Waals surface area contributed by atoms with Crippen LogP contribution < -0.4 is 5.32 Å². The molecular weight excluding hydrogens is 338 g/mol. The maximum absolute atomic E-state index is 12.2. The molecule has 4 heteroatoms. The van der Waals surface area contributed by atoms with Crippen LogP contribution in [0.2, 0.25) is 0 Å². The summed E-state index contributed by atoms with van der Waals surface area (Å²) in [6.45, 7) is 2.75. The van der Waals surface area contributed by atoms with Crippen molar-refractivity contribution in [3.05, 3.63) is 33.8 Å². The number of carbonyl (C=O) groups is 1. The number of halogens is 2. The zero-order valence-corrected chi connectivity index (χ0v) is 14.1. The highest BCUT2D eigenvalue weighted by Crippen LogP contribution is 2.30. The molecule has 0 bridgehead atoms. The predicted octanol–water partition coefficient (Wildman–Crippen LogP) is 4.53. The first-order valence-electron chi connectivity index (χ1n) is 7.22. The molecule has 2 nitrogen and oxygen atoms in total. The molecule has 1 amide bonds. The van der Waals surface area contributed by atoms with Crippen molar-refractivity contribution in [2.24, 2.45) is 11.8 Å². The Labute approximate surface area is 134 Å². The summed E-state index contributed by atoms with van der Waals surface area (Å²) in [5, 5.41) is 3.06. The lowest BCUT2D eigenvalue weighted by molar-refractivity contribution is 0.0936. The second-order valence-corrected chi connectivity index (χ2v) is 6.80. The van der Waals surface area contributed by atoms with Gasteiger partial charge in [0.05, 0.1) is 0 Å².